The third kappa shape index (κ3) is 2.47. The molecular weight excluding hydrogens is 236 g/mol. The van der Waals surface area contributed by atoms with Gasteiger partial charge in [-0.1, -0.05) is 18.2 Å². The van der Waals surface area contributed by atoms with Gasteiger partial charge in [0.15, 0.2) is 11.9 Å². The lowest BCUT2D eigenvalue weighted by atomic mass is 9.97. The lowest BCUT2D eigenvalue weighted by molar-refractivity contribution is -0.134. The molecule has 0 aliphatic heterocycles. The predicted octanol–water partition coefficient (Wildman–Crippen LogP) is 0.0727. The molecule has 2 N–H and O–H groups in total. The number of hydrogen-bond donors (Lipinski definition) is 2. The van der Waals surface area contributed by atoms with Gasteiger partial charge in [-0.25, -0.2) is 4.79 Å². The molecule has 18 heavy (non-hydrogen) atoms. The van der Waals surface area contributed by atoms with E-state index in [9.17, 15) is 19.8 Å². The fourth-order valence-electron chi connectivity index (χ4n) is 1.63. The zero-order valence-electron chi connectivity index (χ0n) is 9.39. The molecule has 0 spiro atoms. The van der Waals surface area contributed by atoms with Crippen LogP contribution in [0.5, 0.6) is 0 Å². The van der Waals surface area contributed by atoms with Gasteiger partial charge in [0.05, 0.1) is 5.56 Å². The zero-order valence-corrected chi connectivity index (χ0v) is 9.39. The Labute approximate surface area is 103 Å². The molecule has 0 amide bonds. The van der Waals surface area contributed by atoms with E-state index in [2.05, 4.69) is 0 Å². The quantitative estimate of drug-likeness (QED) is 0.724. The van der Waals surface area contributed by atoms with Crippen molar-refractivity contribution >= 4 is 11.8 Å². The highest BCUT2D eigenvalue weighted by Crippen LogP contribution is 2.15. The second kappa shape index (κ2) is 5.12. The van der Waals surface area contributed by atoms with Crippen molar-refractivity contribution in [3.63, 3.8) is 0 Å². The SMILES string of the molecule is O=C(OC1C(=O)C=CC(O)C1O)c1ccccc1. The summed E-state index contributed by atoms with van der Waals surface area (Å²) in [4.78, 5) is 23.2. The maximum atomic E-state index is 11.7. The third-order valence-electron chi connectivity index (χ3n) is 2.64. The summed E-state index contributed by atoms with van der Waals surface area (Å²) in [5.74, 6) is -1.26. The van der Waals surface area contributed by atoms with Crippen LogP contribution in [0.15, 0.2) is 42.5 Å². The number of esters is 1. The number of hydrogen-bond acceptors (Lipinski definition) is 5. The summed E-state index contributed by atoms with van der Waals surface area (Å²) in [6, 6.07) is 8.13. The lowest BCUT2D eigenvalue weighted by Crippen LogP contribution is -2.46. The van der Waals surface area contributed by atoms with Gasteiger partial charge in [0.2, 0.25) is 0 Å². The number of rotatable bonds is 2. The minimum Gasteiger partial charge on any atom is -0.447 e. The normalized spacial score (nSPS) is 27.0. The largest absolute Gasteiger partial charge is 0.447 e. The van der Waals surface area contributed by atoms with E-state index in [4.69, 9.17) is 4.74 Å². The Morgan fingerprint density at radius 2 is 1.83 bits per heavy atom. The van der Waals surface area contributed by atoms with Crippen LogP contribution in [0.25, 0.3) is 0 Å². The average molecular weight is 248 g/mol. The topological polar surface area (TPSA) is 83.8 Å². The molecule has 3 atom stereocenters. The molecule has 0 fully saturated rings. The minimum absolute atomic E-state index is 0.279. The van der Waals surface area contributed by atoms with Gasteiger partial charge in [-0.05, 0) is 24.3 Å². The molecule has 3 unspecified atom stereocenters. The van der Waals surface area contributed by atoms with Crippen molar-refractivity contribution < 1.29 is 24.5 Å². The first-order chi connectivity index (χ1) is 8.59. The van der Waals surface area contributed by atoms with E-state index < -0.39 is 30.1 Å². The molecule has 0 heterocycles. The number of carbonyl (C=O) groups is 2. The Morgan fingerprint density at radius 3 is 2.50 bits per heavy atom. The van der Waals surface area contributed by atoms with Crippen molar-refractivity contribution in [1.82, 2.24) is 0 Å². The number of benzene rings is 1. The van der Waals surface area contributed by atoms with Crippen molar-refractivity contribution in [2.45, 2.75) is 18.3 Å². The van der Waals surface area contributed by atoms with E-state index in [1.165, 1.54) is 18.2 Å². The smallest absolute Gasteiger partial charge is 0.338 e. The Balaban J connectivity index is 2.12. The van der Waals surface area contributed by atoms with Crippen molar-refractivity contribution in [3.8, 4) is 0 Å². The predicted molar refractivity (Wildman–Crippen MR) is 61.8 cm³/mol. The molecule has 5 nitrogen and oxygen atoms in total. The molecular formula is C13H12O5. The molecule has 1 aliphatic rings. The number of carbonyl (C=O) groups excluding carboxylic acids is 2. The van der Waals surface area contributed by atoms with Gasteiger partial charge in [0.25, 0.3) is 0 Å². The van der Waals surface area contributed by atoms with Crippen molar-refractivity contribution in [2.75, 3.05) is 0 Å². The second-order valence-electron chi connectivity index (χ2n) is 3.93. The molecule has 0 aromatic heterocycles. The molecule has 0 bridgehead atoms. The van der Waals surface area contributed by atoms with E-state index in [1.54, 1.807) is 18.2 Å². The average Bonchev–Trinajstić information content (AvgIpc) is 2.40. The van der Waals surface area contributed by atoms with Gasteiger partial charge >= 0.3 is 5.97 Å². The lowest BCUT2D eigenvalue weighted by Gasteiger charge is -2.26. The summed E-state index contributed by atoms with van der Waals surface area (Å²) in [5, 5.41) is 19.0. The molecule has 1 aromatic carbocycles. The highest BCUT2D eigenvalue weighted by Gasteiger charge is 2.36. The minimum atomic E-state index is -1.44. The summed E-state index contributed by atoms with van der Waals surface area (Å²) >= 11 is 0. The van der Waals surface area contributed by atoms with Crippen LogP contribution in [0.4, 0.5) is 0 Å². The molecule has 94 valence electrons. The van der Waals surface area contributed by atoms with Crippen LogP contribution in [0.3, 0.4) is 0 Å². The highest BCUT2D eigenvalue weighted by molar-refractivity contribution is 5.98. The molecule has 1 aromatic rings. The van der Waals surface area contributed by atoms with E-state index in [1.807, 2.05) is 0 Å². The van der Waals surface area contributed by atoms with Gasteiger partial charge < -0.3 is 14.9 Å². The highest BCUT2D eigenvalue weighted by atomic mass is 16.6. The Bertz CT molecular complexity index is 479. The van der Waals surface area contributed by atoms with Gasteiger partial charge in [0.1, 0.15) is 12.2 Å². The summed E-state index contributed by atoms with van der Waals surface area (Å²) < 4.78 is 4.92. The Hall–Kier alpha value is -1.98. The van der Waals surface area contributed by atoms with E-state index in [0.29, 0.717) is 0 Å². The Morgan fingerprint density at radius 1 is 1.17 bits per heavy atom. The van der Waals surface area contributed by atoms with Crippen LogP contribution in [-0.2, 0) is 9.53 Å². The van der Waals surface area contributed by atoms with Crippen LogP contribution in [-0.4, -0.2) is 40.3 Å². The molecule has 0 radical (unpaired) electrons. The van der Waals surface area contributed by atoms with Crippen LogP contribution in [0.1, 0.15) is 10.4 Å². The number of aliphatic hydroxyl groups excluding tert-OH is 2. The molecule has 2 rings (SSSR count). The standard InChI is InChI=1S/C13H12O5/c14-9-6-7-10(15)12(11(9)16)18-13(17)8-4-2-1-3-5-8/h1-7,9,11-12,14,16H. The zero-order chi connectivity index (χ0) is 13.1. The number of aliphatic hydroxyl groups is 2. The second-order valence-corrected chi connectivity index (χ2v) is 3.93. The first-order valence-electron chi connectivity index (χ1n) is 5.44. The maximum Gasteiger partial charge on any atom is 0.338 e. The number of ketones is 1. The van der Waals surface area contributed by atoms with Crippen molar-refractivity contribution in [1.29, 1.82) is 0 Å². The molecule has 0 saturated heterocycles. The fourth-order valence-corrected chi connectivity index (χ4v) is 1.63. The van der Waals surface area contributed by atoms with Crippen LogP contribution < -0.4 is 0 Å². The first kappa shape index (κ1) is 12.5. The van der Waals surface area contributed by atoms with Gasteiger partial charge in [-0.15, -0.1) is 0 Å². The van der Waals surface area contributed by atoms with E-state index >= 15 is 0 Å². The monoisotopic (exact) mass is 248 g/mol. The number of ether oxygens (including phenoxy) is 1. The van der Waals surface area contributed by atoms with Crippen LogP contribution >= 0.6 is 0 Å². The molecule has 1 aliphatic carbocycles. The van der Waals surface area contributed by atoms with Crippen molar-refractivity contribution in [2.24, 2.45) is 0 Å². The summed E-state index contributed by atoms with van der Waals surface area (Å²) in [7, 11) is 0. The van der Waals surface area contributed by atoms with Crippen LogP contribution in [0.2, 0.25) is 0 Å². The summed E-state index contributed by atoms with van der Waals surface area (Å²) in [5.41, 5.74) is 0.279. The third-order valence-corrected chi connectivity index (χ3v) is 2.64. The van der Waals surface area contributed by atoms with Gasteiger partial charge in [-0.3, -0.25) is 4.79 Å². The van der Waals surface area contributed by atoms with Gasteiger partial charge in [0, 0.05) is 0 Å². The Kier molecular flexibility index (Phi) is 3.55. The van der Waals surface area contributed by atoms with Crippen LogP contribution in [0, 0.1) is 0 Å². The molecule has 0 saturated carbocycles. The summed E-state index contributed by atoms with van der Waals surface area (Å²) in [6.45, 7) is 0. The fraction of sp³-hybridized carbons (Fsp3) is 0.231. The maximum absolute atomic E-state index is 11.7. The van der Waals surface area contributed by atoms with E-state index in [0.717, 1.165) is 6.08 Å². The first-order valence-corrected chi connectivity index (χ1v) is 5.44. The van der Waals surface area contributed by atoms with E-state index in [-0.39, 0.29) is 5.56 Å². The van der Waals surface area contributed by atoms with Gasteiger partial charge in [-0.2, -0.15) is 0 Å². The molecule has 5 heteroatoms. The van der Waals surface area contributed by atoms with Crippen molar-refractivity contribution in [3.05, 3.63) is 48.0 Å². The summed E-state index contributed by atoms with van der Waals surface area (Å²) in [6.07, 6.45) is -1.75.